The van der Waals surface area contributed by atoms with Crippen LogP contribution in [0.3, 0.4) is 0 Å². The highest BCUT2D eigenvalue weighted by Crippen LogP contribution is 2.31. The van der Waals surface area contributed by atoms with E-state index in [2.05, 4.69) is 39.0 Å². The first-order chi connectivity index (χ1) is 10.5. The number of amides is 1. The second-order valence-corrected chi connectivity index (χ2v) is 8.46. The van der Waals surface area contributed by atoms with Crippen molar-refractivity contribution in [1.82, 2.24) is 4.90 Å². The van der Waals surface area contributed by atoms with Crippen LogP contribution in [-0.2, 0) is 16.7 Å². The van der Waals surface area contributed by atoms with Gasteiger partial charge in [0.1, 0.15) is 5.60 Å². The third kappa shape index (κ3) is 4.47. The van der Waals surface area contributed by atoms with Gasteiger partial charge in [-0.25, -0.2) is 4.79 Å². The molecular weight excluding hydrogens is 288 g/mol. The molecule has 0 saturated heterocycles. The van der Waals surface area contributed by atoms with Crippen molar-refractivity contribution in [1.29, 1.82) is 0 Å². The van der Waals surface area contributed by atoms with Gasteiger partial charge in [0.2, 0.25) is 0 Å². The van der Waals surface area contributed by atoms with Gasteiger partial charge in [-0.1, -0.05) is 39.0 Å². The Morgan fingerprint density at radius 1 is 1.22 bits per heavy atom. The Morgan fingerprint density at radius 2 is 1.87 bits per heavy atom. The molecule has 0 unspecified atom stereocenters. The molecule has 0 aromatic heterocycles. The van der Waals surface area contributed by atoms with Crippen molar-refractivity contribution in [3.63, 3.8) is 0 Å². The Labute approximate surface area is 140 Å². The van der Waals surface area contributed by atoms with Gasteiger partial charge in [0.25, 0.3) is 0 Å². The van der Waals surface area contributed by atoms with E-state index in [0.717, 1.165) is 17.5 Å². The van der Waals surface area contributed by atoms with Crippen LogP contribution in [0.25, 0.3) is 0 Å². The van der Waals surface area contributed by atoms with E-state index < -0.39 is 5.60 Å². The number of nitrogens with zero attached hydrogens (tertiary/aromatic N) is 1. The number of carbonyl (C=O) groups excluding carboxylic acids is 1. The zero-order valence-electron chi connectivity index (χ0n) is 15.3. The molecule has 1 aliphatic heterocycles. The molecule has 1 aromatic rings. The predicted molar refractivity (Wildman–Crippen MR) is 93.3 cm³/mol. The maximum absolute atomic E-state index is 12.4. The molecular formula is C19H30N2O2. The third-order valence-corrected chi connectivity index (χ3v) is 4.13. The summed E-state index contributed by atoms with van der Waals surface area (Å²) in [4.78, 5) is 14.1. The quantitative estimate of drug-likeness (QED) is 0.782. The van der Waals surface area contributed by atoms with Crippen molar-refractivity contribution < 1.29 is 9.53 Å². The summed E-state index contributed by atoms with van der Waals surface area (Å²) in [5.41, 5.74) is 9.53. The summed E-state index contributed by atoms with van der Waals surface area (Å²) in [6.45, 7) is 13.4. The molecule has 1 atom stereocenters. The Hall–Kier alpha value is -1.55. The number of fused-ring (bicyclic) bond motifs is 1. The first-order valence-electron chi connectivity index (χ1n) is 8.34. The highest BCUT2D eigenvalue weighted by Gasteiger charge is 2.27. The molecule has 0 aliphatic carbocycles. The summed E-state index contributed by atoms with van der Waals surface area (Å²) in [7, 11) is 0. The number of hydrogen-bond acceptors (Lipinski definition) is 3. The van der Waals surface area contributed by atoms with E-state index in [4.69, 9.17) is 10.5 Å². The number of ether oxygens (including phenoxy) is 1. The molecule has 0 radical (unpaired) electrons. The van der Waals surface area contributed by atoms with E-state index >= 15 is 0 Å². The van der Waals surface area contributed by atoms with Gasteiger partial charge in [0.05, 0.1) is 0 Å². The van der Waals surface area contributed by atoms with Gasteiger partial charge in [-0.2, -0.15) is 0 Å². The van der Waals surface area contributed by atoms with Gasteiger partial charge >= 0.3 is 6.09 Å². The van der Waals surface area contributed by atoms with Crippen LogP contribution in [0, 0.1) is 0 Å². The molecule has 1 amide bonds. The lowest BCUT2D eigenvalue weighted by molar-refractivity contribution is 0.0235. The fourth-order valence-electron chi connectivity index (χ4n) is 2.77. The molecule has 1 heterocycles. The lowest BCUT2D eigenvalue weighted by Gasteiger charge is -2.26. The summed E-state index contributed by atoms with van der Waals surface area (Å²) < 4.78 is 5.51. The fraction of sp³-hybridized carbons (Fsp3) is 0.632. The molecule has 0 saturated carbocycles. The monoisotopic (exact) mass is 318 g/mol. The van der Waals surface area contributed by atoms with Gasteiger partial charge in [0, 0.05) is 19.1 Å². The highest BCUT2D eigenvalue weighted by molar-refractivity contribution is 5.68. The standard InChI is InChI=1S/C19H30N2O2/c1-18(2,3)14-8-7-13-12-21(17(22)23-19(4,5)6)10-9-16(20)15(13)11-14/h7-8,11,16H,9-10,12,20H2,1-6H3/t16-/m0/s1. The molecule has 0 bridgehead atoms. The van der Waals surface area contributed by atoms with Crippen molar-refractivity contribution in [3.8, 4) is 0 Å². The van der Waals surface area contributed by atoms with Crippen molar-refractivity contribution in [2.45, 2.75) is 71.6 Å². The summed E-state index contributed by atoms with van der Waals surface area (Å²) in [5, 5.41) is 0. The SMILES string of the molecule is CC(C)(C)OC(=O)N1CC[C@H](N)c2cc(C(C)(C)C)ccc2C1. The topological polar surface area (TPSA) is 55.6 Å². The van der Waals surface area contributed by atoms with E-state index in [9.17, 15) is 4.79 Å². The lowest BCUT2D eigenvalue weighted by atomic mass is 9.84. The van der Waals surface area contributed by atoms with Crippen LogP contribution in [0.1, 0.15) is 70.7 Å². The number of rotatable bonds is 0. The zero-order valence-corrected chi connectivity index (χ0v) is 15.3. The van der Waals surface area contributed by atoms with Crippen LogP contribution in [0.4, 0.5) is 4.79 Å². The van der Waals surface area contributed by atoms with Crippen LogP contribution in [0.15, 0.2) is 18.2 Å². The van der Waals surface area contributed by atoms with Crippen molar-refractivity contribution in [2.24, 2.45) is 5.73 Å². The summed E-state index contributed by atoms with van der Waals surface area (Å²) >= 11 is 0. The molecule has 4 heteroatoms. The summed E-state index contributed by atoms with van der Waals surface area (Å²) in [6.07, 6.45) is 0.484. The van der Waals surface area contributed by atoms with Crippen LogP contribution in [0.2, 0.25) is 0 Å². The van der Waals surface area contributed by atoms with E-state index in [1.165, 1.54) is 5.56 Å². The molecule has 4 nitrogen and oxygen atoms in total. The predicted octanol–water partition coefficient (Wildman–Crippen LogP) is 4.12. The minimum Gasteiger partial charge on any atom is -0.444 e. The molecule has 0 spiro atoms. The van der Waals surface area contributed by atoms with Crippen LogP contribution in [-0.4, -0.2) is 23.1 Å². The molecule has 23 heavy (non-hydrogen) atoms. The normalized spacial score (nSPS) is 19.1. The maximum atomic E-state index is 12.4. The Bertz CT molecular complexity index is 582. The second-order valence-electron chi connectivity index (χ2n) is 8.46. The largest absolute Gasteiger partial charge is 0.444 e. The second kappa shape index (κ2) is 6.16. The number of benzene rings is 1. The smallest absolute Gasteiger partial charge is 0.410 e. The van der Waals surface area contributed by atoms with Gasteiger partial charge in [0.15, 0.2) is 0 Å². The average Bonchev–Trinajstić information content (AvgIpc) is 2.55. The number of carbonyl (C=O) groups is 1. The Kier molecular flexibility index (Phi) is 4.76. The molecule has 1 aromatic carbocycles. The minimum absolute atomic E-state index is 0.0419. The zero-order chi connectivity index (χ0) is 17.4. The summed E-state index contributed by atoms with van der Waals surface area (Å²) in [6, 6.07) is 6.42. The first kappa shape index (κ1) is 17.8. The van der Waals surface area contributed by atoms with Crippen molar-refractivity contribution in [2.75, 3.05) is 6.54 Å². The fourth-order valence-corrected chi connectivity index (χ4v) is 2.77. The van der Waals surface area contributed by atoms with Gasteiger partial charge < -0.3 is 15.4 Å². The average molecular weight is 318 g/mol. The number of nitrogens with two attached hydrogens (primary N) is 1. The molecule has 128 valence electrons. The molecule has 2 rings (SSSR count). The molecule has 2 N–H and O–H groups in total. The lowest BCUT2D eigenvalue weighted by Crippen LogP contribution is -2.36. The molecule has 1 aliphatic rings. The highest BCUT2D eigenvalue weighted by atomic mass is 16.6. The molecule has 0 fully saturated rings. The van der Waals surface area contributed by atoms with Crippen LogP contribution in [0.5, 0.6) is 0 Å². The van der Waals surface area contributed by atoms with Gasteiger partial charge in [-0.3, -0.25) is 0 Å². The Morgan fingerprint density at radius 3 is 2.43 bits per heavy atom. The Balaban J connectivity index is 2.27. The van der Waals surface area contributed by atoms with Crippen LogP contribution < -0.4 is 5.73 Å². The van der Waals surface area contributed by atoms with E-state index in [0.29, 0.717) is 13.1 Å². The minimum atomic E-state index is -0.482. The van der Waals surface area contributed by atoms with Gasteiger partial charge in [-0.05, 0) is 49.3 Å². The first-order valence-corrected chi connectivity index (χ1v) is 8.34. The van der Waals surface area contributed by atoms with Crippen LogP contribution >= 0.6 is 0 Å². The number of hydrogen-bond donors (Lipinski definition) is 1. The summed E-state index contributed by atoms with van der Waals surface area (Å²) in [5.74, 6) is 0. The van der Waals surface area contributed by atoms with Crippen molar-refractivity contribution in [3.05, 3.63) is 34.9 Å². The van der Waals surface area contributed by atoms with Gasteiger partial charge in [-0.15, -0.1) is 0 Å². The van der Waals surface area contributed by atoms with E-state index in [1.54, 1.807) is 4.90 Å². The van der Waals surface area contributed by atoms with Crippen molar-refractivity contribution >= 4 is 6.09 Å². The van der Waals surface area contributed by atoms with E-state index in [1.807, 2.05) is 20.8 Å². The van der Waals surface area contributed by atoms with E-state index in [-0.39, 0.29) is 17.6 Å². The third-order valence-electron chi connectivity index (χ3n) is 4.13. The maximum Gasteiger partial charge on any atom is 0.410 e.